The van der Waals surface area contributed by atoms with Crippen LogP contribution in [0.3, 0.4) is 0 Å². The van der Waals surface area contributed by atoms with Gasteiger partial charge in [0.15, 0.2) is 16.0 Å². The van der Waals surface area contributed by atoms with E-state index in [1.165, 1.54) is 17.4 Å². The normalized spacial score (nSPS) is 10.9. The number of thiocarbonyl (C=S) groups is 1. The number of carbonyl (C=O) groups is 1. The molecule has 1 amide bonds. The van der Waals surface area contributed by atoms with Gasteiger partial charge in [0.1, 0.15) is 11.3 Å². The van der Waals surface area contributed by atoms with Crippen molar-refractivity contribution < 1.29 is 9.21 Å². The lowest BCUT2D eigenvalue weighted by atomic mass is 10.2. The van der Waals surface area contributed by atoms with Crippen molar-refractivity contribution in [2.24, 2.45) is 0 Å². The third kappa shape index (κ3) is 4.39. The summed E-state index contributed by atoms with van der Waals surface area (Å²) >= 11 is 24.9. The molecule has 0 bridgehead atoms. The van der Waals surface area contributed by atoms with Gasteiger partial charge in [-0.1, -0.05) is 52.2 Å². The summed E-state index contributed by atoms with van der Waals surface area (Å²) in [5.74, 6) is -0.0130. The first-order valence-electron chi connectivity index (χ1n) is 8.13. The highest BCUT2D eigenvalue weighted by Gasteiger charge is 2.16. The van der Waals surface area contributed by atoms with E-state index in [9.17, 15) is 4.79 Å². The number of nitrogens with zero attached hydrogens (tertiary/aromatic N) is 1. The first kappa shape index (κ1) is 20.1. The van der Waals surface area contributed by atoms with E-state index in [2.05, 4.69) is 15.6 Å². The van der Waals surface area contributed by atoms with Crippen LogP contribution in [0.1, 0.15) is 10.6 Å². The number of rotatable bonds is 3. The summed E-state index contributed by atoms with van der Waals surface area (Å²) in [4.78, 5) is 16.8. The van der Waals surface area contributed by atoms with Crippen LogP contribution in [0.5, 0.6) is 0 Å². The van der Waals surface area contributed by atoms with E-state index in [1.54, 1.807) is 30.3 Å². The zero-order valence-electron chi connectivity index (χ0n) is 14.3. The summed E-state index contributed by atoms with van der Waals surface area (Å²) in [6, 6.07) is 13.7. The zero-order valence-corrected chi connectivity index (χ0v) is 18.2. The highest BCUT2D eigenvalue weighted by atomic mass is 35.5. The molecule has 0 aliphatic rings. The van der Waals surface area contributed by atoms with Gasteiger partial charge in [-0.05, 0) is 54.7 Å². The molecule has 2 aromatic carbocycles. The van der Waals surface area contributed by atoms with Crippen LogP contribution in [0.25, 0.3) is 21.5 Å². The molecule has 29 heavy (non-hydrogen) atoms. The molecule has 0 aliphatic heterocycles. The fourth-order valence-corrected chi connectivity index (χ4v) is 4.36. The Balaban J connectivity index is 1.46. The Morgan fingerprint density at radius 2 is 1.90 bits per heavy atom. The molecule has 0 saturated carbocycles. The monoisotopic (exact) mass is 481 g/mol. The van der Waals surface area contributed by atoms with Crippen molar-refractivity contribution in [1.29, 1.82) is 0 Å². The van der Waals surface area contributed by atoms with Gasteiger partial charge in [0.25, 0.3) is 5.91 Å². The van der Waals surface area contributed by atoms with E-state index in [-0.39, 0.29) is 10.9 Å². The Labute approximate surface area is 189 Å². The molecule has 0 atom stereocenters. The smallest absolute Gasteiger partial charge is 0.293 e. The molecule has 5 nitrogen and oxygen atoms in total. The highest BCUT2D eigenvalue weighted by molar-refractivity contribution is 7.80. The summed E-state index contributed by atoms with van der Waals surface area (Å²) in [7, 11) is 0. The fraction of sp³-hybridized carbons (Fsp3) is 0. The van der Waals surface area contributed by atoms with Gasteiger partial charge in [0.2, 0.25) is 0 Å². The molecule has 4 rings (SSSR count). The van der Waals surface area contributed by atoms with Crippen molar-refractivity contribution >= 4 is 84.7 Å². The molecular formula is C19H10Cl3N3O2S2. The lowest BCUT2D eigenvalue weighted by Gasteiger charge is -2.05. The summed E-state index contributed by atoms with van der Waals surface area (Å²) in [6.45, 7) is 0. The van der Waals surface area contributed by atoms with Gasteiger partial charge in [-0.2, -0.15) is 0 Å². The highest BCUT2D eigenvalue weighted by Crippen LogP contribution is 2.32. The molecule has 0 aliphatic carbocycles. The van der Waals surface area contributed by atoms with Crippen LogP contribution in [-0.2, 0) is 0 Å². The Morgan fingerprint density at radius 3 is 2.69 bits per heavy atom. The number of benzene rings is 2. The van der Waals surface area contributed by atoms with Gasteiger partial charge >= 0.3 is 0 Å². The topological polar surface area (TPSA) is 67.2 Å². The quantitative estimate of drug-likeness (QED) is 0.320. The van der Waals surface area contributed by atoms with E-state index < -0.39 is 5.91 Å². The lowest BCUT2D eigenvalue weighted by Crippen LogP contribution is -2.33. The predicted octanol–water partition coefficient (Wildman–Crippen LogP) is 6.64. The molecule has 0 saturated heterocycles. The van der Waals surface area contributed by atoms with Gasteiger partial charge in [0, 0.05) is 10.6 Å². The molecule has 4 aromatic rings. The second-order valence-corrected chi connectivity index (χ2v) is 8.49. The van der Waals surface area contributed by atoms with Crippen molar-refractivity contribution in [2.45, 2.75) is 0 Å². The largest absolute Gasteiger partial charge is 0.451 e. The summed E-state index contributed by atoms with van der Waals surface area (Å²) in [5, 5.41) is 7.56. The molecule has 10 heteroatoms. The van der Waals surface area contributed by atoms with Gasteiger partial charge in [-0.15, -0.1) is 0 Å². The number of amides is 1. The fourth-order valence-electron chi connectivity index (χ4n) is 2.55. The van der Waals surface area contributed by atoms with Crippen molar-refractivity contribution in [3.8, 4) is 11.3 Å². The van der Waals surface area contributed by atoms with E-state index in [0.29, 0.717) is 37.0 Å². The average molecular weight is 483 g/mol. The van der Waals surface area contributed by atoms with Crippen LogP contribution in [0, 0.1) is 0 Å². The standard InChI is InChI=1S/C19H10Cl3N3O2S2/c20-9-4-5-11(21)10(8-9)13-6-7-14(27-13)17(26)24-18(28)25-19-23-16-12(22)2-1-3-15(16)29-19/h1-8H,(H2,23,24,25,26,28). The third-order valence-electron chi connectivity index (χ3n) is 3.84. The Bertz CT molecular complexity index is 1250. The number of carbonyl (C=O) groups excluding carboxylic acids is 1. The maximum atomic E-state index is 12.4. The number of para-hydroxylation sites is 1. The van der Waals surface area contributed by atoms with E-state index in [0.717, 1.165) is 4.70 Å². The van der Waals surface area contributed by atoms with Crippen molar-refractivity contribution in [3.63, 3.8) is 0 Å². The average Bonchev–Trinajstić information content (AvgIpc) is 3.31. The predicted molar refractivity (Wildman–Crippen MR) is 122 cm³/mol. The van der Waals surface area contributed by atoms with Crippen LogP contribution in [0.15, 0.2) is 52.9 Å². The van der Waals surface area contributed by atoms with Gasteiger partial charge < -0.3 is 9.73 Å². The summed E-state index contributed by atoms with van der Waals surface area (Å²) in [5.41, 5.74) is 1.26. The van der Waals surface area contributed by atoms with E-state index in [4.69, 9.17) is 51.4 Å². The SMILES string of the molecule is O=C(NC(=S)Nc1nc2c(Cl)cccc2s1)c1ccc(-c2cc(Cl)ccc2Cl)o1. The zero-order chi connectivity index (χ0) is 20.5. The molecule has 0 fully saturated rings. The van der Waals surface area contributed by atoms with Gasteiger partial charge in [-0.25, -0.2) is 4.98 Å². The number of fused-ring (bicyclic) bond motifs is 1. The molecule has 146 valence electrons. The first-order chi connectivity index (χ1) is 13.9. The Morgan fingerprint density at radius 1 is 1.07 bits per heavy atom. The maximum Gasteiger partial charge on any atom is 0.293 e. The second kappa shape index (κ2) is 8.30. The van der Waals surface area contributed by atoms with Gasteiger partial charge in [0.05, 0.1) is 14.7 Å². The second-order valence-electron chi connectivity index (χ2n) is 5.80. The Hall–Kier alpha value is -2.16. The van der Waals surface area contributed by atoms with Gasteiger partial charge in [-0.3, -0.25) is 10.1 Å². The number of furan rings is 1. The van der Waals surface area contributed by atoms with Crippen molar-refractivity contribution in [2.75, 3.05) is 5.32 Å². The molecule has 2 aromatic heterocycles. The van der Waals surface area contributed by atoms with Crippen LogP contribution in [0.4, 0.5) is 5.13 Å². The van der Waals surface area contributed by atoms with Crippen LogP contribution in [-0.4, -0.2) is 16.0 Å². The number of hydrogen-bond donors (Lipinski definition) is 2. The van der Waals surface area contributed by atoms with Crippen molar-refractivity contribution in [3.05, 3.63) is 69.4 Å². The summed E-state index contributed by atoms with van der Waals surface area (Å²) < 4.78 is 6.51. The number of thiazole rings is 1. The summed E-state index contributed by atoms with van der Waals surface area (Å²) in [6.07, 6.45) is 0. The number of nitrogens with one attached hydrogen (secondary N) is 2. The number of anilines is 1. The molecule has 0 unspecified atom stereocenters. The van der Waals surface area contributed by atoms with Crippen molar-refractivity contribution in [1.82, 2.24) is 10.3 Å². The molecule has 0 radical (unpaired) electrons. The van der Waals surface area contributed by atoms with Crippen LogP contribution in [0.2, 0.25) is 15.1 Å². The molecule has 2 heterocycles. The maximum absolute atomic E-state index is 12.4. The number of aromatic nitrogens is 1. The van der Waals surface area contributed by atoms with Crippen LogP contribution < -0.4 is 10.6 Å². The molecule has 2 N–H and O–H groups in total. The minimum absolute atomic E-state index is 0.0764. The minimum atomic E-state index is -0.508. The van der Waals surface area contributed by atoms with E-state index in [1.807, 2.05) is 12.1 Å². The number of halogens is 3. The third-order valence-corrected chi connectivity index (χ3v) is 5.85. The molecule has 0 spiro atoms. The Kier molecular flexibility index (Phi) is 5.76. The van der Waals surface area contributed by atoms with E-state index >= 15 is 0 Å². The minimum Gasteiger partial charge on any atom is -0.451 e. The first-order valence-corrected chi connectivity index (χ1v) is 10.5. The number of hydrogen-bond acceptors (Lipinski definition) is 5. The molecular weight excluding hydrogens is 473 g/mol. The van der Waals surface area contributed by atoms with Crippen LogP contribution >= 0.6 is 58.4 Å². The lowest BCUT2D eigenvalue weighted by molar-refractivity contribution is 0.0951.